The predicted molar refractivity (Wildman–Crippen MR) is 116 cm³/mol. The van der Waals surface area contributed by atoms with E-state index in [9.17, 15) is 14.4 Å². The number of ether oxygens (including phenoxy) is 1. The number of hydrogen-bond acceptors (Lipinski definition) is 5. The number of nitrogens with zero attached hydrogens (tertiary/aromatic N) is 1. The Kier molecular flexibility index (Phi) is 5.41. The number of thiophene rings is 1. The molecule has 1 aromatic heterocycles. The predicted octanol–water partition coefficient (Wildman–Crippen LogP) is 3.31. The van der Waals surface area contributed by atoms with Crippen LogP contribution in [-0.2, 0) is 28.9 Å². The number of nitrogens with two attached hydrogens (primary N) is 1. The summed E-state index contributed by atoms with van der Waals surface area (Å²) in [6.07, 6.45) is 0.241. The van der Waals surface area contributed by atoms with Crippen LogP contribution in [0.5, 0.6) is 0 Å². The number of rotatable bonds is 4. The Morgan fingerprint density at radius 1 is 1.17 bits per heavy atom. The van der Waals surface area contributed by atoms with Gasteiger partial charge in [-0.25, -0.2) is 4.79 Å². The molecule has 4 rings (SSSR count). The second-order valence-corrected chi connectivity index (χ2v) is 8.18. The number of primary amides is 1. The van der Waals surface area contributed by atoms with E-state index in [1.54, 1.807) is 4.90 Å². The topological polar surface area (TPSA) is 102 Å². The molecule has 154 valence electrons. The molecule has 2 heterocycles. The van der Waals surface area contributed by atoms with E-state index in [1.807, 2.05) is 42.5 Å². The summed E-state index contributed by atoms with van der Waals surface area (Å²) in [5, 5.41) is 5.38. The maximum absolute atomic E-state index is 12.8. The lowest BCUT2D eigenvalue weighted by atomic mass is 10.0. The van der Waals surface area contributed by atoms with Gasteiger partial charge in [0, 0.05) is 11.4 Å². The maximum atomic E-state index is 12.8. The van der Waals surface area contributed by atoms with Crippen molar-refractivity contribution >= 4 is 45.0 Å². The highest BCUT2D eigenvalue weighted by Gasteiger charge is 2.29. The molecule has 1 aliphatic heterocycles. The molecule has 0 atom stereocenters. The van der Waals surface area contributed by atoms with Crippen LogP contribution in [-0.4, -0.2) is 36.5 Å². The SMILES string of the molecule is COC(=O)N1CCc2c(sc(NC(=O)Cc3cccc4ccccc34)c2C(N)=O)C1. The summed E-state index contributed by atoms with van der Waals surface area (Å²) in [6, 6.07) is 13.7. The molecular formula is C22H21N3O4S. The number of anilines is 1. The van der Waals surface area contributed by atoms with E-state index < -0.39 is 12.0 Å². The number of methoxy groups -OCH3 is 1. The van der Waals surface area contributed by atoms with Gasteiger partial charge in [0.05, 0.1) is 25.6 Å². The molecule has 1 aliphatic rings. The van der Waals surface area contributed by atoms with Crippen LogP contribution in [0.3, 0.4) is 0 Å². The number of nitrogens with one attached hydrogen (secondary N) is 1. The van der Waals surface area contributed by atoms with Crippen molar-refractivity contribution in [2.45, 2.75) is 19.4 Å². The zero-order valence-electron chi connectivity index (χ0n) is 16.4. The highest BCUT2D eigenvalue weighted by molar-refractivity contribution is 7.17. The largest absolute Gasteiger partial charge is 0.453 e. The Morgan fingerprint density at radius 2 is 1.93 bits per heavy atom. The van der Waals surface area contributed by atoms with E-state index in [1.165, 1.54) is 18.4 Å². The zero-order valence-corrected chi connectivity index (χ0v) is 17.3. The molecule has 2 aromatic carbocycles. The first-order valence-corrected chi connectivity index (χ1v) is 10.3. The number of fused-ring (bicyclic) bond motifs is 2. The highest BCUT2D eigenvalue weighted by atomic mass is 32.1. The molecule has 0 fully saturated rings. The fourth-order valence-electron chi connectivity index (χ4n) is 3.83. The molecule has 7 nitrogen and oxygen atoms in total. The summed E-state index contributed by atoms with van der Waals surface area (Å²) in [5.41, 5.74) is 7.66. The van der Waals surface area contributed by atoms with Crippen molar-refractivity contribution in [1.29, 1.82) is 0 Å². The van der Waals surface area contributed by atoms with Crippen LogP contribution in [0.2, 0.25) is 0 Å². The van der Waals surface area contributed by atoms with E-state index in [0.717, 1.165) is 26.8 Å². The Balaban J connectivity index is 1.58. The van der Waals surface area contributed by atoms with Gasteiger partial charge in [0.1, 0.15) is 5.00 Å². The van der Waals surface area contributed by atoms with Crippen molar-refractivity contribution in [1.82, 2.24) is 4.90 Å². The molecule has 8 heteroatoms. The van der Waals surface area contributed by atoms with Crippen LogP contribution in [0.4, 0.5) is 9.80 Å². The van der Waals surface area contributed by atoms with Crippen LogP contribution in [0.15, 0.2) is 42.5 Å². The van der Waals surface area contributed by atoms with Crippen molar-refractivity contribution in [3.8, 4) is 0 Å². The van der Waals surface area contributed by atoms with Gasteiger partial charge in [0.15, 0.2) is 0 Å². The van der Waals surface area contributed by atoms with E-state index in [4.69, 9.17) is 10.5 Å². The van der Waals surface area contributed by atoms with Gasteiger partial charge in [0.25, 0.3) is 5.91 Å². The Bertz CT molecular complexity index is 1150. The lowest BCUT2D eigenvalue weighted by Gasteiger charge is -2.25. The first-order chi connectivity index (χ1) is 14.5. The lowest BCUT2D eigenvalue weighted by molar-refractivity contribution is -0.115. The molecule has 0 saturated carbocycles. The maximum Gasteiger partial charge on any atom is 0.409 e. The molecular weight excluding hydrogens is 402 g/mol. The third-order valence-electron chi connectivity index (χ3n) is 5.22. The average molecular weight is 423 g/mol. The van der Waals surface area contributed by atoms with Gasteiger partial charge >= 0.3 is 6.09 Å². The smallest absolute Gasteiger partial charge is 0.409 e. The van der Waals surface area contributed by atoms with Crippen LogP contribution in [0.1, 0.15) is 26.4 Å². The normalized spacial score (nSPS) is 13.0. The quantitative estimate of drug-likeness (QED) is 0.672. The molecule has 0 aliphatic carbocycles. The fourth-order valence-corrected chi connectivity index (χ4v) is 5.11. The average Bonchev–Trinajstić information content (AvgIpc) is 3.10. The summed E-state index contributed by atoms with van der Waals surface area (Å²) >= 11 is 1.28. The molecule has 0 bridgehead atoms. The fraction of sp³-hybridized carbons (Fsp3) is 0.227. The third kappa shape index (κ3) is 3.73. The third-order valence-corrected chi connectivity index (χ3v) is 6.35. The molecule has 3 amide bonds. The summed E-state index contributed by atoms with van der Waals surface area (Å²) in [7, 11) is 1.33. The minimum atomic E-state index is -0.584. The number of benzene rings is 2. The van der Waals surface area contributed by atoms with Crippen molar-refractivity contribution in [3.05, 3.63) is 64.0 Å². The van der Waals surface area contributed by atoms with Crippen LogP contribution in [0.25, 0.3) is 10.8 Å². The zero-order chi connectivity index (χ0) is 21.3. The number of carbonyl (C=O) groups is 3. The minimum Gasteiger partial charge on any atom is -0.453 e. The summed E-state index contributed by atoms with van der Waals surface area (Å²) in [4.78, 5) is 39.1. The molecule has 3 N–H and O–H groups in total. The molecule has 0 radical (unpaired) electrons. The van der Waals surface area contributed by atoms with Gasteiger partial charge in [-0.15, -0.1) is 11.3 Å². The van der Waals surface area contributed by atoms with Gasteiger partial charge < -0.3 is 20.7 Å². The number of hydrogen-bond donors (Lipinski definition) is 2. The Hall–Kier alpha value is -3.39. The highest BCUT2D eigenvalue weighted by Crippen LogP contribution is 2.37. The van der Waals surface area contributed by atoms with Gasteiger partial charge in [-0.05, 0) is 28.3 Å². The van der Waals surface area contributed by atoms with Crippen LogP contribution < -0.4 is 11.1 Å². The second kappa shape index (κ2) is 8.16. The van der Waals surface area contributed by atoms with Crippen molar-refractivity contribution in [3.63, 3.8) is 0 Å². The second-order valence-electron chi connectivity index (χ2n) is 7.08. The van der Waals surface area contributed by atoms with E-state index >= 15 is 0 Å². The summed E-state index contributed by atoms with van der Waals surface area (Å²) in [6.45, 7) is 0.756. The van der Waals surface area contributed by atoms with Crippen LogP contribution in [0, 0.1) is 0 Å². The van der Waals surface area contributed by atoms with Gasteiger partial charge in [0.2, 0.25) is 5.91 Å². The summed E-state index contributed by atoms with van der Waals surface area (Å²) < 4.78 is 4.79. The Labute approximate surface area is 177 Å². The van der Waals surface area contributed by atoms with E-state index in [2.05, 4.69) is 5.32 Å². The molecule has 30 heavy (non-hydrogen) atoms. The minimum absolute atomic E-state index is 0.177. The first-order valence-electron chi connectivity index (χ1n) is 9.51. The van der Waals surface area contributed by atoms with E-state index in [0.29, 0.717) is 30.1 Å². The van der Waals surface area contributed by atoms with Crippen LogP contribution >= 0.6 is 11.3 Å². The first kappa shape index (κ1) is 19.9. The van der Waals surface area contributed by atoms with Crippen molar-refractivity contribution < 1.29 is 19.1 Å². The molecule has 3 aromatic rings. The molecule has 0 unspecified atom stereocenters. The number of carbonyl (C=O) groups excluding carboxylic acids is 3. The van der Waals surface area contributed by atoms with Crippen molar-refractivity contribution in [2.24, 2.45) is 5.73 Å². The van der Waals surface area contributed by atoms with E-state index in [-0.39, 0.29) is 12.3 Å². The Morgan fingerprint density at radius 3 is 2.70 bits per heavy atom. The van der Waals surface area contributed by atoms with Gasteiger partial charge in [-0.2, -0.15) is 0 Å². The standard InChI is InChI=1S/C22H21N3O4S/c1-29-22(28)25-10-9-16-17(12-25)30-21(19(16)20(23)27)24-18(26)11-14-7-4-6-13-5-2-3-8-15(13)14/h2-8H,9-12H2,1H3,(H2,23,27)(H,24,26). The monoisotopic (exact) mass is 423 g/mol. The van der Waals surface area contributed by atoms with Gasteiger partial charge in [-0.1, -0.05) is 42.5 Å². The molecule has 0 spiro atoms. The summed E-state index contributed by atoms with van der Waals surface area (Å²) in [5.74, 6) is -0.809. The molecule has 0 saturated heterocycles. The van der Waals surface area contributed by atoms with Gasteiger partial charge in [-0.3, -0.25) is 9.59 Å². The number of amides is 3. The lowest BCUT2D eigenvalue weighted by Crippen LogP contribution is -2.35. The van der Waals surface area contributed by atoms with Crippen molar-refractivity contribution in [2.75, 3.05) is 19.0 Å².